The van der Waals surface area contributed by atoms with E-state index in [2.05, 4.69) is 41.0 Å². The molecule has 0 radical (unpaired) electrons. The summed E-state index contributed by atoms with van der Waals surface area (Å²) in [6.45, 7) is 3.47. The smallest absolute Gasteiger partial charge is 0.226 e. The molecule has 110 valence electrons. The minimum absolute atomic E-state index is 0.579. The maximum absolute atomic E-state index is 4.47. The van der Waals surface area contributed by atoms with Gasteiger partial charge in [0.05, 0.1) is 11.6 Å². The van der Waals surface area contributed by atoms with Gasteiger partial charge >= 0.3 is 0 Å². The van der Waals surface area contributed by atoms with Crippen molar-refractivity contribution in [3.63, 3.8) is 0 Å². The second-order valence-electron chi connectivity index (χ2n) is 4.59. The maximum Gasteiger partial charge on any atom is 0.226 e. The molecule has 0 atom stereocenters. The van der Waals surface area contributed by atoms with E-state index in [4.69, 9.17) is 0 Å². The predicted molar refractivity (Wildman–Crippen MR) is 79.0 cm³/mol. The highest BCUT2D eigenvalue weighted by Crippen LogP contribution is 2.19. The number of fused-ring (bicyclic) bond motifs is 1. The first kappa shape index (κ1) is 13.3. The first-order valence-corrected chi connectivity index (χ1v) is 6.79. The normalized spacial score (nSPS) is 11.0. The number of aromatic amines is 1. The number of nitrogens with one attached hydrogen (secondary N) is 3. The van der Waals surface area contributed by atoms with Crippen molar-refractivity contribution in [2.45, 2.75) is 13.3 Å². The molecule has 0 unspecified atom stereocenters. The molecule has 0 aliphatic carbocycles. The molecule has 21 heavy (non-hydrogen) atoms. The number of hydrogen-bond donors (Lipinski definition) is 3. The highest BCUT2D eigenvalue weighted by molar-refractivity contribution is 5.86. The monoisotopic (exact) mass is 287 g/mol. The van der Waals surface area contributed by atoms with E-state index in [-0.39, 0.29) is 0 Å². The number of anilines is 2. The molecule has 0 aromatic carbocycles. The van der Waals surface area contributed by atoms with Gasteiger partial charge in [-0.1, -0.05) is 0 Å². The van der Waals surface area contributed by atoms with Crippen LogP contribution in [0.25, 0.3) is 11.0 Å². The van der Waals surface area contributed by atoms with Crippen LogP contribution in [0, 0.1) is 0 Å². The standard InChI is InChI=1S/C12H17N9/c1-3-13-12-17-10(8-6-15-20-11(8)18-12)14-5-4-9-19-16-7-21(9)2/h6-7H,3-5H2,1-2H3,(H3,13,14,15,17,18,20). The average Bonchev–Trinajstić information content (AvgIpc) is 3.08. The molecule has 0 spiro atoms. The summed E-state index contributed by atoms with van der Waals surface area (Å²) in [5.41, 5.74) is 0.710. The van der Waals surface area contributed by atoms with Gasteiger partial charge in [0.1, 0.15) is 18.0 Å². The van der Waals surface area contributed by atoms with E-state index in [9.17, 15) is 0 Å². The Morgan fingerprint density at radius 1 is 1.29 bits per heavy atom. The van der Waals surface area contributed by atoms with Crippen LogP contribution in [0.1, 0.15) is 12.7 Å². The van der Waals surface area contributed by atoms with Crippen molar-refractivity contribution in [1.82, 2.24) is 34.9 Å². The number of H-pyrrole nitrogens is 1. The lowest BCUT2D eigenvalue weighted by atomic mass is 10.3. The lowest BCUT2D eigenvalue weighted by Gasteiger charge is -2.08. The van der Waals surface area contributed by atoms with Crippen LogP contribution in [-0.4, -0.2) is 48.0 Å². The van der Waals surface area contributed by atoms with Crippen molar-refractivity contribution in [1.29, 1.82) is 0 Å². The van der Waals surface area contributed by atoms with E-state index in [0.29, 0.717) is 18.1 Å². The summed E-state index contributed by atoms with van der Waals surface area (Å²) in [5, 5.41) is 22.1. The summed E-state index contributed by atoms with van der Waals surface area (Å²) in [5.74, 6) is 2.26. The van der Waals surface area contributed by atoms with Crippen LogP contribution in [0.5, 0.6) is 0 Å². The van der Waals surface area contributed by atoms with Crippen LogP contribution in [0.3, 0.4) is 0 Å². The van der Waals surface area contributed by atoms with Crippen LogP contribution >= 0.6 is 0 Å². The fraction of sp³-hybridized carbons (Fsp3) is 0.417. The Morgan fingerprint density at radius 3 is 2.95 bits per heavy atom. The van der Waals surface area contributed by atoms with Crippen LogP contribution in [0.15, 0.2) is 12.5 Å². The molecule has 0 bridgehead atoms. The van der Waals surface area contributed by atoms with Gasteiger partial charge in [-0.3, -0.25) is 5.10 Å². The van der Waals surface area contributed by atoms with Crippen LogP contribution in [-0.2, 0) is 13.5 Å². The first-order chi connectivity index (χ1) is 10.3. The Kier molecular flexibility index (Phi) is 3.63. The summed E-state index contributed by atoms with van der Waals surface area (Å²) in [6, 6.07) is 0. The molecule has 3 N–H and O–H groups in total. The Balaban J connectivity index is 1.76. The lowest BCUT2D eigenvalue weighted by Crippen LogP contribution is -2.11. The Hall–Kier alpha value is -2.71. The molecule has 0 aliphatic heterocycles. The molecule has 0 amide bonds. The SMILES string of the molecule is CCNc1nc(NCCc2nncn2C)c2cn[nH]c2n1. The average molecular weight is 287 g/mol. The molecule has 3 rings (SSSR count). The van der Waals surface area contributed by atoms with Gasteiger partial charge in [-0.2, -0.15) is 15.1 Å². The zero-order valence-corrected chi connectivity index (χ0v) is 12.0. The van der Waals surface area contributed by atoms with Crippen LogP contribution in [0.2, 0.25) is 0 Å². The van der Waals surface area contributed by atoms with Crippen molar-refractivity contribution < 1.29 is 0 Å². The molecular weight excluding hydrogens is 270 g/mol. The second kappa shape index (κ2) is 5.73. The molecule has 0 saturated heterocycles. The van der Waals surface area contributed by atoms with Gasteiger partial charge in [-0.15, -0.1) is 10.2 Å². The molecule has 9 heteroatoms. The van der Waals surface area contributed by atoms with Crippen molar-refractivity contribution in [2.75, 3.05) is 23.7 Å². The van der Waals surface area contributed by atoms with Crippen molar-refractivity contribution >= 4 is 22.8 Å². The molecule has 9 nitrogen and oxygen atoms in total. The molecule has 0 fully saturated rings. The van der Waals surface area contributed by atoms with E-state index < -0.39 is 0 Å². The van der Waals surface area contributed by atoms with Gasteiger partial charge in [0.2, 0.25) is 5.95 Å². The minimum Gasteiger partial charge on any atom is -0.369 e. The third-order valence-corrected chi connectivity index (χ3v) is 3.09. The number of rotatable bonds is 6. The summed E-state index contributed by atoms with van der Waals surface area (Å²) in [6.07, 6.45) is 4.17. The summed E-state index contributed by atoms with van der Waals surface area (Å²) in [4.78, 5) is 8.82. The molecule has 0 aliphatic rings. The van der Waals surface area contributed by atoms with E-state index in [1.165, 1.54) is 0 Å². The van der Waals surface area contributed by atoms with Crippen molar-refractivity contribution in [2.24, 2.45) is 7.05 Å². The van der Waals surface area contributed by atoms with Crippen molar-refractivity contribution in [3.8, 4) is 0 Å². The van der Waals surface area contributed by atoms with Gasteiger partial charge < -0.3 is 15.2 Å². The van der Waals surface area contributed by atoms with Crippen LogP contribution in [0.4, 0.5) is 11.8 Å². The molecule has 0 saturated carbocycles. The zero-order valence-electron chi connectivity index (χ0n) is 12.0. The Labute approximate surface area is 121 Å². The fourth-order valence-electron chi connectivity index (χ4n) is 2.03. The van der Waals surface area contributed by atoms with E-state index in [1.54, 1.807) is 12.5 Å². The van der Waals surface area contributed by atoms with E-state index in [0.717, 1.165) is 30.0 Å². The van der Waals surface area contributed by atoms with Crippen molar-refractivity contribution in [3.05, 3.63) is 18.3 Å². The highest BCUT2D eigenvalue weighted by Gasteiger charge is 2.09. The Morgan fingerprint density at radius 2 is 2.19 bits per heavy atom. The summed E-state index contributed by atoms with van der Waals surface area (Å²) >= 11 is 0. The van der Waals surface area contributed by atoms with E-state index in [1.807, 2.05) is 18.5 Å². The van der Waals surface area contributed by atoms with Gasteiger partial charge in [0.25, 0.3) is 0 Å². The largest absolute Gasteiger partial charge is 0.369 e. The van der Waals surface area contributed by atoms with Crippen LogP contribution < -0.4 is 10.6 Å². The van der Waals surface area contributed by atoms with Gasteiger partial charge in [-0.05, 0) is 6.92 Å². The molecule has 3 heterocycles. The van der Waals surface area contributed by atoms with Gasteiger partial charge in [-0.25, -0.2) is 0 Å². The summed E-state index contributed by atoms with van der Waals surface area (Å²) < 4.78 is 1.90. The minimum atomic E-state index is 0.579. The molecule has 3 aromatic heterocycles. The number of aryl methyl sites for hydroxylation is 1. The number of hydrogen-bond acceptors (Lipinski definition) is 7. The lowest BCUT2D eigenvalue weighted by molar-refractivity contribution is 0.787. The number of nitrogens with zero attached hydrogens (tertiary/aromatic N) is 6. The topological polar surface area (TPSA) is 109 Å². The first-order valence-electron chi connectivity index (χ1n) is 6.79. The predicted octanol–water partition coefficient (Wildman–Crippen LogP) is 0.568. The van der Waals surface area contributed by atoms with Gasteiger partial charge in [0, 0.05) is 26.6 Å². The third-order valence-electron chi connectivity index (χ3n) is 3.09. The quantitative estimate of drug-likeness (QED) is 0.608. The maximum atomic E-state index is 4.47. The zero-order chi connectivity index (χ0) is 14.7. The second-order valence-corrected chi connectivity index (χ2v) is 4.59. The third kappa shape index (κ3) is 2.76. The molecule has 3 aromatic rings. The summed E-state index contributed by atoms with van der Waals surface area (Å²) in [7, 11) is 1.93. The number of aromatic nitrogens is 7. The van der Waals surface area contributed by atoms with E-state index >= 15 is 0 Å². The fourth-order valence-corrected chi connectivity index (χ4v) is 2.03. The highest BCUT2D eigenvalue weighted by atomic mass is 15.2. The Bertz CT molecular complexity index is 729. The molecular formula is C12H17N9. The van der Waals surface area contributed by atoms with Gasteiger partial charge in [0.15, 0.2) is 5.65 Å².